The molecule has 0 saturated carbocycles. The quantitative estimate of drug-likeness (QED) is 0.674. The van der Waals surface area contributed by atoms with E-state index in [-0.39, 0.29) is 6.04 Å². The van der Waals surface area contributed by atoms with Crippen LogP contribution in [0.3, 0.4) is 0 Å². The van der Waals surface area contributed by atoms with Gasteiger partial charge in [-0.15, -0.1) is 4.91 Å². The smallest absolute Gasteiger partial charge is 0.0766 e. The number of pyridine rings is 1. The van der Waals surface area contributed by atoms with Crippen molar-refractivity contribution >= 4 is 0 Å². The standard InChI is InChI=1S/C10H13N3O/c14-12-13-7-2-1-5-10(13)9-4-3-6-11-8-9/h3-4,6,8,10H,1-2,5,7H2/t10-/m0/s1. The fourth-order valence-electron chi connectivity index (χ4n) is 1.93. The van der Waals surface area contributed by atoms with Crippen LogP contribution in [0.5, 0.6) is 0 Å². The fourth-order valence-corrected chi connectivity index (χ4v) is 1.93. The summed E-state index contributed by atoms with van der Waals surface area (Å²) in [7, 11) is 0. The average molecular weight is 191 g/mol. The van der Waals surface area contributed by atoms with E-state index in [0.29, 0.717) is 0 Å². The molecule has 1 saturated heterocycles. The lowest BCUT2D eigenvalue weighted by molar-refractivity contribution is 0.152. The first-order valence-electron chi connectivity index (χ1n) is 4.91. The van der Waals surface area contributed by atoms with Gasteiger partial charge in [-0.25, -0.2) is 0 Å². The second kappa shape index (κ2) is 4.17. The predicted octanol–water partition coefficient (Wildman–Crippen LogP) is 2.29. The van der Waals surface area contributed by atoms with Crippen molar-refractivity contribution in [1.82, 2.24) is 9.99 Å². The van der Waals surface area contributed by atoms with Crippen molar-refractivity contribution in [3.8, 4) is 0 Å². The molecule has 1 aliphatic heterocycles. The Kier molecular flexibility index (Phi) is 2.72. The lowest BCUT2D eigenvalue weighted by Crippen LogP contribution is -2.28. The molecule has 1 fully saturated rings. The zero-order valence-electron chi connectivity index (χ0n) is 7.97. The summed E-state index contributed by atoms with van der Waals surface area (Å²) >= 11 is 0. The largest absolute Gasteiger partial charge is 0.264 e. The van der Waals surface area contributed by atoms with Crippen LogP contribution in [0, 0.1) is 4.91 Å². The maximum Gasteiger partial charge on any atom is 0.0766 e. The summed E-state index contributed by atoms with van der Waals surface area (Å²) in [6.45, 7) is 0.767. The Morgan fingerprint density at radius 2 is 2.43 bits per heavy atom. The highest BCUT2D eigenvalue weighted by Gasteiger charge is 2.23. The average Bonchev–Trinajstić information content (AvgIpc) is 2.30. The molecule has 2 rings (SSSR count). The van der Waals surface area contributed by atoms with Crippen LogP contribution in [0.15, 0.2) is 29.8 Å². The maximum absolute atomic E-state index is 10.6. The number of hydrogen-bond acceptors (Lipinski definition) is 3. The van der Waals surface area contributed by atoms with Gasteiger partial charge in [-0.2, -0.15) is 0 Å². The zero-order chi connectivity index (χ0) is 9.80. The Balaban J connectivity index is 2.19. The van der Waals surface area contributed by atoms with Gasteiger partial charge < -0.3 is 0 Å². The zero-order valence-corrected chi connectivity index (χ0v) is 7.97. The van der Waals surface area contributed by atoms with Gasteiger partial charge in [0, 0.05) is 18.9 Å². The van der Waals surface area contributed by atoms with Crippen LogP contribution in [-0.4, -0.2) is 16.5 Å². The minimum absolute atomic E-state index is 0.134. The minimum Gasteiger partial charge on any atom is -0.264 e. The predicted molar refractivity (Wildman–Crippen MR) is 53.3 cm³/mol. The Bertz CT molecular complexity index is 301. The number of piperidine rings is 1. The molecule has 0 bridgehead atoms. The molecule has 0 radical (unpaired) electrons. The van der Waals surface area contributed by atoms with Crippen molar-refractivity contribution in [3.63, 3.8) is 0 Å². The summed E-state index contributed by atoms with van der Waals surface area (Å²) in [4.78, 5) is 14.7. The normalized spacial score (nSPS) is 22.0. The van der Waals surface area contributed by atoms with Gasteiger partial charge in [-0.3, -0.25) is 9.99 Å². The van der Waals surface area contributed by atoms with Crippen molar-refractivity contribution in [2.24, 2.45) is 5.29 Å². The summed E-state index contributed by atoms with van der Waals surface area (Å²) in [6.07, 6.45) is 6.77. The van der Waals surface area contributed by atoms with E-state index in [9.17, 15) is 4.91 Å². The fraction of sp³-hybridized carbons (Fsp3) is 0.500. The van der Waals surface area contributed by atoms with Crippen LogP contribution in [0.25, 0.3) is 0 Å². The van der Waals surface area contributed by atoms with Crippen LogP contribution in [-0.2, 0) is 0 Å². The van der Waals surface area contributed by atoms with Crippen molar-refractivity contribution < 1.29 is 0 Å². The highest BCUT2D eigenvalue weighted by Crippen LogP contribution is 2.30. The first-order valence-corrected chi connectivity index (χ1v) is 4.91. The summed E-state index contributed by atoms with van der Waals surface area (Å²) < 4.78 is 0. The van der Waals surface area contributed by atoms with Crippen LogP contribution in [0.2, 0.25) is 0 Å². The van der Waals surface area contributed by atoms with E-state index in [1.165, 1.54) is 0 Å². The van der Waals surface area contributed by atoms with E-state index in [1.54, 1.807) is 11.2 Å². The van der Waals surface area contributed by atoms with Gasteiger partial charge in [0.2, 0.25) is 0 Å². The molecule has 0 aliphatic carbocycles. The first kappa shape index (κ1) is 9.12. The second-order valence-electron chi connectivity index (χ2n) is 3.54. The van der Waals surface area contributed by atoms with Crippen LogP contribution in [0.4, 0.5) is 0 Å². The van der Waals surface area contributed by atoms with E-state index in [4.69, 9.17) is 0 Å². The number of nitroso groups, excluding NO2 is 1. The highest BCUT2D eigenvalue weighted by molar-refractivity contribution is 5.14. The molecule has 1 aliphatic rings. The Morgan fingerprint density at radius 1 is 1.50 bits per heavy atom. The van der Waals surface area contributed by atoms with Gasteiger partial charge in [0.15, 0.2) is 0 Å². The van der Waals surface area contributed by atoms with Gasteiger partial charge in [0.25, 0.3) is 0 Å². The minimum atomic E-state index is 0.134. The van der Waals surface area contributed by atoms with Gasteiger partial charge in [-0.05, 0) is 30.9 Å². The van der Waals surface area contributed by atoms with E-state index < -0.39 is 0 Å². The molecular weight excluding hydrogens is 178 g/mol. The molecule has 1 aromatic heterocycles. The van der Waals surface area contributed by atoms with Crippen LogP contribution < -0.4 is 0 Å². The third-order valence-corrected chi connectivity index (χ3v) is 2.65. The molecule has 4 nitrogen and oxygen atoms in total. The van der Waals surface area contributed by atoms with Gasteiger partial charge in [0.05, 0.1) is 11.3 Å². The van der Waals surface area contributed by atoms with Crippen molar-refractivity contribution in [2.75, 3.05) is 6.54 Å². The van der Waals surface area contributed by atoms with Crippen molar-refractivity contribution in [3.05, 3.63) is 35.0 Å². The summed E-state index contributed by atoms with van der Waals surface area (Å²) in [5.74, 6) is 0. The highest BCUT2D eigenvalue weighted by atomic mass is 16.3. The molecule has 0 N–H and O–H groups in total. The summed E-state index contributed by atoms with van der Waals surface area (Å²) in [5, 5.41) is 4.69. The molecule has 74 valence electrons. The molecule has 0 spiro atoms. The lowest BCUT2D eigenvalue weighted by atomic mass is 9.98. The maximum atomic E-state index is 10.6. The van der Waals surface area contributed by atoms with E-state index in [2.05, 4.69) is 10.3 Å². The summed E-state index contributed by atoms with van der Waals surface area (Å²) in [5.41, 5.74) is 1.09. The number of rotatable bonds is 2. The van der Waals surface area contributed by atoms with E-state index >= 15 is 0 Å². The molecule has 1 aromatic rings. The molecule has 0 aromatic carbocycles. The Hall–Kier alpha value is -1.45. The molecule has 2 heterocycles. The van der Waals surface area contributed by atoms with Gasteiger partial charge in [0.1, 0.15) is 0 Å². The van der Waals surface area contributed by atoms with E-state index in [1.807, 2.05) is 18.3 Å². The third kappa shape index (κ3) is 1.73. The molecule has 14 heavy (non-hydrogen) atoms. The van der Waals surface area contributed by atoms with Crippen molar-refractivity contribution in [2.45, 2.75) is 25.3 Å². The van der Waals surface area contributed by atoms with Gasteiger partial charge >= 0.3 is 0 Å². The van der Waals surface area contributed by atoms with Crippen molar-refractivity contribution in [1.29, 1.82) is 0 Å². The van der Waals surface area contributed by atoms with E-state index in [0.717, 1.165) is 31.4 Å². The third-order valence-electron chi connectivity index (χ3n) is 2.65. The molecule has 0 unspecified atom stereocenters. The molecule has 0 amide bonds. The van der Waals surface area contributed by atoms with Gasteiger partial charge in [-0.1, -0.05) is 6.07 Å². The number of hydrogen-bond donors (Lipinski definition) is 0. The second-order valence-corrected chi connectivity index (χ2v) is 3.54. The lowest BCUT2D eigenvalue weighted by Gasteiger charge is -2.30. The Labute approximate surface area is 82.9 Å². The van der Waals surface area contributed by atoms with Crippen LogP contribution >= 0.6 is 0 Å². The van der Waals surface area contributed by atoms with Crippen LogP contribution in [0.1, 0.15) is 30.9 Å². The Morgan fingerprint density at radius 3 is 3.14 bits per heavy atom. The molecular formula is C10H13N3O. The summed E-state index contributed by atoms with van der Waals surface area (Å²) in [6, 6.07) is 4.03. The topological polar surface area (TPSA) is 45.6 Å². The number of aromatic nitrogens is 1. The monoisotopic (exact) mass is 191 g/mol. The number of nitrogens with zero attached hydrogens (tertiary/aromatic N) is 3. The first-order chi connectivity index (χ1) is 6.92. The molecule has 4 heteroatoms. The molecule has 1 atom stereocenters. The SMILES string of the molecule is O=NN1CCCC[C@H]1c1cccnc1.